The number of carbonyl (C=O) groups excluding carboxylic acids is 3. The number of fused-ring (bicyclic) bond motifs is 1. The number of sulfonamides is 1. The van der Waals surface area contributed by atoms with E-state index in [1.807, 2.05) is 0 Å². The zero-order valence-corrected chi connectivity index (χ0v) is 21.0. The number of ether oxygens (including phenoxy) is 1. The number of carbonyl (C=O) groups is 3. The van der Waals surface area contributed by atoms with Gasteiger partial charge in [0, 0.05) is 30.1 Å². The van der Waals surface area contributed by atoms with E-state index < -0.39 is 27.9 Å². The molecule has 35 heavy (non-hydrogen) atoms. The molecule has 1 saturated heterocycles. The van der Waals surface area contributed by atoms with E-state index >= 15 is 0 Å². The summed E-state index contributed by atoms with van der Waals surface area (Å²) in [5.74, 6) is -1.15. The van der Waals surface area contributed by atoms with Gasteiger partial charge in [0.1, 0.15) is 5.00 Å². The van der Waals surface area contributed by atoms with E-state index in [1.165, 1.54) is 39.9 Å². The van der Waals surface area contributed by atoms with E-state index in [0.29, 0.717) is 31.1 Å². The van der Waals surface area contributed by atoms with Crippen LogP contribution < -0.4 is 11.1 Å². The van der Waals surface area contributed by atoms with E-state index in [9.17, 15) is 22.8 Å². The van der Waals surface area contributed by atoms with E-state index in [4.69, 9.17) is 10.5 Å². The lowest BCUT2D eigenvalue weighted by Crippen LogP contribution is -2.36. The Morgan fingerprint density at radius 1 is 1.09 bits per heavy atom. The molecule has 10 nitrogen and oxygen atoms in total. The van der Waals surface area contributed by atoms with Gasteiger partial charge in [-0.2, -0.15) is 4.31 Å². The Labute approximate surface area is 208 Å². The third kappa shape index (κ3) is 5.19. The lowest BCUT2D eigenvalue weighted by Gasteiger charge is -2.26. The molecule has 0 unspecified atom stereocenters. The molecule has 0 bridgehead atoms. The van der Waals surface area contributed by atoms with Crippen LogP contribution in [0.5, 0.6) is 0 Å². The van der Waals surface area contributed by atoms with Gasteiger partial charge >= 0.3 is 6.09 Å². The number of piperidine rings is 1. The molecule has 3 N–H and O–H groups in total. The van der Waals surface area contributed by atoms with Crippen molar-refractivity contribution in [3.63, 3.8) is 0 Å². The molecule has 2 aliphatic rings. The molecule has 0 spiro atoms. The van der Waals surface area contributed by atoms with Gasteiger partial charge in [0.05, 0.1) is 23.6 Å². The van der Waals surface area contributed by atoms with Crippen molar-refractivity contribution in [1.82, 2.24) is 9.21 Å². The molecule has 0 aliphatic carbocycles. The summed E-state index contributed by atoms with van der Waals surface area (Å²) in [5.41, 5.74) is 6.83. The first-order valence-electron chi connectivity index (χ1n) is 11.5. The molecule has 0 saturated carbocycles. The van der Waals surface area contributed by atoms with Crippen LogP contribution in [0.2, 0.25) is 0 Å². The summed E-state index contributed by atoms with van der Waals surface area (Å²) in [7, 11) is -3.60. The summed E-state index contributed by atoms with van der Waals surface area (Å²) >= 11 is 1.19. The monoisotopic (exact) mass is 520 g/mol. The largest absolute Gasteiger partial charge is 0.450 e. The Hall–Kier alpha value is -2.96. The van der Waals surface area contributed by atoms with Crippen LogP contribution in [0.4, 0.5) is 9.80 Å². The van der Waals surface area contributed by atoms with Crippen molar-refractivity contribution in [2.45, 2.75) is 44.0 Å². The molecule has 1 fully saturated rings. The molecule has 0 atom stereocenters. The number of amides is 3. The molecule has 1 aromatic heterocycles. The Balaban J connectivity index is 1.52. The lowest BCUT2D eigenvalue weighted by atomic mass is 10.0. The Morgan fingerprint density at radius 2 is 1.77 bits per heavy atom. The normalized spacial score (nSPS) is 16.4. The standard InChI is InChI=1S/C23H28N4O6S2/c1-2-33-23(30)26-13-10-17-18(14-26)34-22(19(17)20(24)28)25-21(29)15-6-8-16(9-7-15)35(31,32)27-11-4-3-5-12-27/h6-9H,2-5,10-14H2,1H3,(H2,24,28)(H,25,29). The fraction of sp³-hybridized carbons (Fsp3) is 0.435. The number of anilines is 1. The summed E-state index contributed by atoms with van der Waals surface area (Å²) in [5, 5.41) is 3.05. The highest BCUT2D eigenvalue weighted by Crippen LogP contribution is 2.37. The molecular formula is C23H28N4O6S2. The molecule has 2 aromatic rings. The van der Waals surface area contributed by atoms with Crippen LogP contribution in [-0.4, -0.2) is 61.8 Å². The summed E-state index contributed by atoms with van der Waals surface area (Å²) < 4.78 is 32.2. The summed E-state index contributed by atoms with van der Waals surface area (Å²) in [6, 6.07) is 5.74. The maximum atomic E-state index is 12.9. The molecule has 4 rings (SSSR count). The van der Waals surface area contributed by atoms with Gasteiger partial charge in [0.25, 0.3) is 11.8 Å². The van der Waals surface area contributed by atoms with Gasteiger partial charge in [-0.05, 0) is 56.0 Å². The van der Waals surface area contributed by atoms with Gasteiger partial charge in [-0.3, -0.25) is 9.59 Å². The highest BCUT2D eigenvalue weighted by atomic mass is 32.2. The van der Waals surface area contributed by atoms with Gasteiger partial charge in [-0.25, -0.2) is 13.2 Å². The lowest BCUT2D eigenvalue weighted by molar-refractivity contribution is 0.0997. The smallest absolute Gasteiger partial charge is 0.410 e. The summed E-state index contributed by atoms with van der Waals surface area (Å²) in [6.45, 7) is 3.63. The van der Waals surface area contributed by atoms with Crippen molar-refractivity contribution in [3.05, 3.63) is 45.8 Å². The number of primary amides is 1. The summed E-state index contributed by atoms with van der Waals surface area (Å²) in [4.78, 5) is 39.7. The van der Waals surface area contributed by atoms with Crippen molar-refractivity contribution >= 4 is 44.3 Å². The molecule has 2 aliphatic heterocycles. The average Bonchev–Trinajstić information content (AvgIpc) is 3.22. The van der Waals surface area contributed by atoms with Crippen molar-refractivity contribution in [3.8, 4) is 0 Å². The predicted octanol–water partition coefficient (Wildman–Crippen LogP) is 2.79. The van der Waals surface area contributed by atoms with Crippen LogP contribution in [-0.2, 0) is 27.7 Å². The second kappa shape index (κ2) is 10.3. The second-order valence-corrected chi connectivity index (χ2v) is 11.4. The molecule has 1 aromatic carbocycles. The zero-order valence-electron chi connectivity index (χ0n) is 19.4. The minimum absolute atomic E-state index is 0.138. The van der Waals surface area contributed by atoms with Crippen LogP contribution in [0.1, 0.15) is 57.3 Å². The fourth-order valence-corrected chi connectivity index (χ4v) is 7.11. The van der Waals surface area contributed by atoms with E-state index in [2.05, 4.69) is 5.32 Å². The van der Waals surface area contributed by atoms with Gasteiger partial charge in [0.2, 0.25) is 10.0 Å². The van der Waals surface area contributed by atoms with E-state index in [-0.39, 0.29) is 29.2 Å². The Kier molecular flexibility index (Phi) is 7.43. The molecule has 3 amide bonds. The predicted molar refractivity (Wildman–Crippen MR) is 131 cm³/mol. The number of nitrogens with two attached hydrogens (primary N) is 1. The number of nitrogens with zero attached hydrogens (tertiary/aromatic N) is 2. The van der Waals surface area contributed by atoms with Crippen molar-refractivity contribution in [2.24, 2.45) is 5.73 Å². The topological polar surface area (TPSA) is 139 Å². The minimum atomic E-state index is -3.60. The van der Waals surface area contributed by atoms with E-state index in [1.54, 1.807) is 11.8 Å². The summed E-state index contributed by atoms with van der Waals surface area (Å²) in [6.07, 6.45) is 2.68. The number of thiophene rings is 1. The molecular weight excluding hydrogens is 492 g/mol. The zero-order chi connectivity index (χ0) is 25.2. The third-order valence-corrected chi connectivity index (χ3v) is 9.17. The third-order valence-electron chi connectivity index (χ3n) is 6.13. The Morgan fingerprint density at radius 3 is 2.40 bits per heavy atom. The van der Waals surface area contributed by atoms with Crippen molar-refractivity contribution < 1.29 is 27.5 Å². The highest BCUT2D eigenvalue weighted by Gasteiger charge is 2.30. The number of nitrogens with one attached hydrogen (secondary N) is 1. The average molecular weight is 521 g/mol. The van der Waals surface area contributed by atoms with Crippen molar-refractivity contribution in [1.29, 1.82) is 0 Å². The van der Waals surface area contributed by atoms with Crippen LogP contribution >= 0.6 is 11.3 Å². The number of hydrogen-bond acceptors (Lipinski definition) is 7. The van der Waals surface area contributed by atoms with Gasteiger partial charge in [-0.15, -0.1) is 11.3 Å². The second-order valence-electron chi connectivity index (χ2n) is 8.39. The first-order valence-corrected chi connectivity index (χ1v) is 13.8. The number of rotatable bonds is 6. The fourth-order valence-electron chi connectivity index (χ4n) is 4.33. The van der Waals surface area contributed by atoms with E-state index in [0.717, 1.165) is 29.7 Å². The Bertz CT molecular complexity index is 1230. The molecule has 12 heteroatoms. The van der Waals surface area contributed by atoms with Gasteiger partial charge in [0.15, 0.2) is 0 Å². The molecule has 188 valence electrons. The van der Waals surface area contributed by atoms with Crippen LogP contribution in [0.15, 0.2) is 29.2 Å². The van der Waals surface area contributed by atoms with Crippen LogP contribution in [0, 0.1) is 0 Å². The highest BCUT2D eigenvalue weighted by molar-refractivity contribution is 7.89. The first-order chi connectivity index (χ1) is 16.7. The number of benzene rings is 1. The van der Waals surface area contributed by atoms with Crippen LogP contribution in [0.3, 0.4) is 0 Å². The van der Waals surface area contributed by atoms with Gasteiger partial charge < -0.3 is 20.7 Å². The van der Waals surface area contributed by atoms with Gasteiger partial charge in [-0.1, -0.05) is 6.42 Å². The first kappa shape index (κ1) is 25.1. The maximum absolute atomic E-state index is 12.9. The van der Waals surface area contributed by atoms with Crippen LogP contribution in [0.25, 0.3) is 0 Å². The quantitative estimate of drug-likeness (QED) is 0.600. The maximum Gasteiger partial charge on any atom is 0.410 e. The molecule has 3 heterocycles. The number of hydrogen-bond donors (Lipinski definition) is 2. The van der Waals surface area contributed by atoms with Crippen molar-refractivity contribution in [2.75, 3.05) is 31.6 Å². The SMILES string of the molecule is CCOC(=O)N1CCc2c(sc(NC(=O)c3ccc(S(=O)(=O)N4CCCCC4)cc3)c2C(N)=O)C1. The minimum Gasteiger partial charge on any atom is -0.450 e. The molecule has 0 radical (unpaired) electrons.